The number of piperazine rings is 1. The van der Waals surface area contributed by atoms with E-state index in [9.17, 15) is 0 Å². The lowest BCUT2D eigenvalue weighted by atomic mass is 10.2. The van der Waals surface area contributed by atoms with E-state index in [1.54, 1.807) is 0 Å². The van der Waals surface area contributed by atoms with Crippen LogP contribution in [0.15, 0.2) is 27.2 Å². The lowest BCUT2D eigenvalue weighted by Gasteiger charge is -2.30. The zero-order valence-corrected chi connectivity index (χ0v) is 16.4. The van der Waals surface area contributed by atoms with Crippen LogP contribution in [0.1, 0.15) is 25.7 Å². The second-order valence-electron chi connectivity index (χ2n) is 5.97. The van der Waals surface area contributed by atoms with Crippen molar-refractivity contribution >= 4 is 28.3 Å². The zero-order valence-electron chi connectivity index (χ0n) is 14.0. The molecule has 1 unspecified atom stereocenters. The number of hydrogen-bond acceptors (Lipinski definition) is 6. The van der Waals surface area contributed by atoms with Gasteiger partial charge in [0.15, 0.2) is 5.82 Å². The second-order valence-corrected chi connectivity index (χ2v) is 6.88. The molecule has 1 saturated heterocycles. The molecule has 1 aromatic carbocycles. The van der Waals surface area contributed by atoms with E-state index >= 15 is 0 Å². The summed E-state index contributed by atoms with van der Waals surface area (Å²) in [5.74, 6) is 1.93. The molecule has 132 valence electrons. The van der Waals surface area contributed by atoms with Crippen LogP contribution in [0.25, 0.3) is 11.5 Å². The maximum Gasteiger partial charge on any atom is 0.261 e. The molecule has 1 aliphatic rings. The second kappa shape index (κ2) is 8.29. The van der Waals surface area contributed by atoms with Crippen LogP contribution in [0.4, 0.5) is 0 Å². The minimum atomic E-state index is 0. The van der Waals surface area contributed by atoms with Gasteiger partial charge in [0.25, 0.3) is 5.89 Å². The Morgan fingerprint density at radius 3 is 2.92 bits per heavy atom. The molecule has 1 atom stereocenters. The van der Waals surface area contributed by atoms with Gasteiger partial charge < -0.3 is 14.6 Å². The number of benzene rings is 1. The molecule has 2 aromatic rings. The molecule has 0 amide bonds. The number of likely N-dealkylation sites (N-methyl/N-ethyl adjacent to an activating group) is 1. The Morgan fingerprint density at radius 2 is 2.21 bits per heavy atom. The normalized spacial score (nSPS) is 18.5. The third kappa shape index (κ3) is 4.27. The van der Waals surface area contributed by atoms with E-state index in [1.807, 2.05) is 32.0 Å². The summed E-state index contributed by atoms with van der Waals surface area (Å²) < 4.78 is 12.3. The fourth-order valence-corrected chi connectivity index (χ4v) is 2.94. The Labute approximate surface area is 156 Å². The minimum absolute atomic E-state index is 0. The van der Waals surface area contributed by atoms with E-state index in [1.165, 1.54) is 0 Å². The summed E-state index contributed by atoms with van der Waals surface area (Å²) in [6.07, 6.45) is 0.0686. The SMILES string of the molecule is CC(C)Oc1cc(Br)ccc1-c1nc(C2CNCCN2C)no1.Cl. The van der Waals surface area contributed by atoms with Crippen LogP contribution in [0.3, 0.4) is 0 Å². The number of ether oxygens (including phenoxy) is 1. The first kappa shape index (κ1) is 19.2. The van der Waals surface area contributed by atoms with Gasteiger partial charge in [-0.15, -0.1) is 12.4 Å². The van der Waals surface area contributed by atoms with E-state index < -0.39 is 0 Å². The van der Waals surface area contributed by atoms with Crippen LogP contribution in [-0.2, 0) is 0 Å². The van der Waals surface area contributed by atoms with Gasteiger partial charge in [0.2, 0.25) is 0 Å². The first-order valence-corrected chi connectivity index (χ1v) is 8.55. The average molecular weight is 418 g/mol. The van der Waals surface area contributed by atoms with E-state index in [0.717, 1.165) is 35.4 Å². The van der Waals surface area contributed by atoms with Gasteiger partial charge in [-0.3, -0.25) is 4.90 Å². The molecule has 0 bridgehead atoms. The van der Waals surface area contributed by atoms with Gasteiger partial charge in [0.05, 0.1) is 17.7 Å². The van der Waals surface area contributed by atoms with Crippen molar-refractivity contribution in [3.63, 3.8) is 0 Å². The largest absolute Gasteiger partial charge is 0.490 e. The summed E-state index contributed by atoms with van der Waals surface area (Å²) in [6, 6.07) is 5.93. The number of rotatable bonds is 4. The maximum absolute atomic E-state index is 5.88. The number of halogens is 2. The monoisotopic (exact) mass is 416 g/mol. The van der Waals surface area contributed by atoms with E-state index in [2.05, 4.69) is 43.3 Å². The fourth-order valence-electron chi connectivity index (χ4n) is 2.60. The highest BCUT2D eigenvalue weighted by atomic mass is 79.9. The summed E-state index contributed by atoms with van der Waals surface area (Å²) in [5, 5.41) is 7.54. The van der Waals surface area contributed by atoms with Crippen LogP contribution in [0.5, 0.6) is 5.75 Å². The predicted molar refractivity (Wildman–Crippen MR) is 98.7 cm³/mol. The summed E-state index contributed by atoms with van der Waals surface area (Å²) >= 11 is 3.47. The molecule has 1 aromatic heterocycles. The molecule has 1 aliphatic heterocycles. The molecule has 0 spiro atoms. The first-order chi connectivity index (χ1) is 11.0. The fraction of sp³-hybridized carbons (Fsp3) is 0.500. The first-order valence-electron chi connectivity index (χ1n) is 7.75. The highest BCUT2D eigenvalue weighted by molar-refractivity contribution is 9.10. The molecular weight excluding hydrogens is 396 g/mol. The lowest BCUT2D eigenvalue weighted by molar-refractivity contribution is 0.190. The molecule has 2 heterocycles. The van der Waals surface area contributed by atoms with E-state index in [-0.39, 0.29) is 24.6 Å². The van der Waals surface area contributed by atoms with Crippen molar-refractivity contribution in [1.29, 1.82) is 0 Å². The van der Waals surface area contributed by atoms with Crippen LogP contribution in [0.2, 0.25) is 0 Å². The quantitative estimate of drug-likeness (QED) is 0.823. The van der Waals surface area contributed by atoms with Crippen molar-refractivity contribution in [3.05, 3.63) is 28.5 Å². The Balaban J connectivity index is 0.00000208. The highest BCUT2D eigenvalue weighted by Gasteiger charge is 2.26. The van der Waals surface area contributed by atoms with Gasteiger partial charge in [0, 0.05) is 24.1 Å². The molecule has 6 nitrogen and oxygen atoms in total. The Kier molecular flexibility index (Phi) is 6.62. The smallest absolute Gasteiger partial charge is 0.261 e. The molecular formula is C16H22BrClN4O2. The number of hydrogen-bond donors (Lipinski definition) is 1. The molecule has 1 fully saturated rings. The number of aromatic nitrogens is 2. The van der Waals surface area contributed by atoms with E-state index in [4.69, 9.17) is 9.26 Å². The highest BCUT2D eigenvalue weighted by Crippen LogP contribution is 2.33. The Hall–Kier alpha value is -1.15. The summed E-state index contributed by atoms with van der Waals surface area (Å²) in [5.41, 5.74) is 0.812. The number of nitrogens with zero attached hydrogens (tertiary/aromatic N) is 3. The van der Waals surface area contributed by atoms with Gasteiger partial charge in [-0.1, -0.05) is 21.1 Å². The Bertz CT molecular complexity index is 680. The van der Waals surface area contributed by atoms with Crippen molar-refractivity contribution in [1.82, 2.24) is 20.4 Å². The number of nitrogens with one attached hydrogen (secondary N) is 1. The molecule has 8 heteroatoms. The van der Waals surface area contributed by atoms with Crippen LogP contribution in [-0.4, -0.2) is 47.8 Å². The van der Waals surface area contributed by atoms with Crippen LogP contribution in [0, 0.1) is 0 Å². The molecule has 0 radical (unpaired) electrons. The van der Waals surface area contributed by atoms with Crippen molar-refractivity contribution in [2.75, 3.05) is 26.7 Å². The van der Waals surface area contributed by atoms with Crippen LogP contribution < -0.4 is 10.1 Å². The summed E-state index contributed by atoms with van der Waals surface area (Å²) in [6.45, 7) is 6.76. The lowest BCUT2D eigenvalue weighted by Crippen LogP contribution is -2.44. The topological polar surface area (TPSA) is 63.4 Å². The molecule has 1 N–H and O–H groups in total. The van der Waals surface area contributed by atoms with Crippen molar-refractivity contribution in [2.24, 2.45) is 0 Å². The van der Waals surface area contributed by atoms with Gasteiger partial charge >= 0.3 is 0 Å². The molecule has 3 rings (SSSR count). The van der Waals surface area contributed by atoms with Gasteiger partial charge in [-0.2, -0.15) is 4.98 Å². The van der Waals surface area contributed by atoms with Gasteiger partial charge in [-0.05, 0) is 39.1 Å². The zero-order chi connectivity index (χ0) is 16.4. The van der Waals surface area contributed by atoms with Gasteiger partial charge in [-0.25, -0.2) is 0 Å². The standard InChI is InChI=1S/C16H21BrN4O2.ClH/c1-10(2)22-14-8-11(17)4-5-12(14)16-19-15(20-23-16)13-9-18-6-7-21(13)3;/h4-5,8,10,13,18H,6-7,9H2,1-3H3;1H. The summed E-state index contributed by atoms with van der Waals surface area (Å²) in [4.78, 5) is 6.83. The molecule has 0 saturated carbocycles. The molecule has 24 heavy (non-hydrogen) atoms. The van der Waals surface area contributed by atoms with Gasteiger partial charge in [0.1, 0.15) is 5.75 Å². The third-order valence-electron chi connectivity index (χ3n) is 3.79. The maximum atomic E-state index is 5.88. The molecule has 0 aliphatic carbocycles. The third-order valence-corrected chi connectivity index (χ3v) is 4.28. The van der Waals surface area contributed by atoms with Crippen LogP contribution >= 0.6 is 28.3 Å². The van der Waals surface area contributed by atoms with Crippen molar-refractivity contribution < 1.29 is 9.26 Å². The average Bonchev–Trinajstić information content (AvgIpc) is 2.96. The van der Waals surface area contributed by atoms with Crippen molar-refractivity contribution in [2.45, 2.75) is 26.0 Å². The minimum Gasteiger partial charge on any atom is -0.490 e. The van der Waals surface area contributed by atoms with Crippen molar-refractivity contribution in [3.8, 4) is 17.2 Å². The predicted octanol–water partition coefficient (Wildman–Crippen LogP) is 3.28. The van der Waals surface area contributed by atoms with E-state index in [0.29, 0.717) is 11.7 Å². The Morgan fingerprint density at radius 1 is 1.42 bits per heavy atom. The summed E-state index contributed by atoms with van der Waals surface area (Å²) in [7, 11) is 2.08.